The monoisotopic (exact) mass is 237 g/mol. The molecular weight excluding hydrogens is 218 g/mol. The number of hydrogen-bond acceptors (Lipinski definition) is 4. The number of aromatic nitrogens is 2. The van der Waals surface area contributed by atoms with Crippen LogP contribution in [0.2, 0.25) is 0 Å². The van der Waals surface area contributed by atoms with Gasteiger partial charge in [-0.15, -0.1) is 0 Å². The molecule has 5 nitrogen and oxygen atoms in total. The molecule has 0 amide bonds. The van der Waals surface area contributed by atoms with Gasteiger partial charge in [0, 0.05) is 24.7 Å². The lowest BCUT2D eigenvalue weighted by molar-refractivity contribution is -0.135. The highest BCUT2D eigenvalue weighted by Crippen LogP contribution is 2.22. The van der Waals surface area contributed by atoms with Crippen LogP contribution in [0.1, 0.15) is 38.3 Å². The van der Waals surface area contributed by atoms with Gasteiger partial charge in [-0.05, 0) is 12.8 Å². The van der Waals surface area contributed by atoms with Gasteiger partial charge in [-0.25, -0.2) is 9.97 Å². The second-order valence-electron chi connectivity index (χ2n) is 4.06. The van der Waals surface area contributed by atoms with Crippen molar-refractivity contribution in [3.8, 4) is 0 Å². The summed E-state index contributed by atoms with van der Waals surface area (Å²) in [5.74, 6) is 0.203. The molecule has 5 heteroatoms. The van der Waals surface area contributed by atoms with E-state index in [1.165, 1.54) is 6.33 Å². The van der Waals surface area contributed by atoms with E-state index < -0.39 is 5.97 Å². The van der Waals surface area contributed by atoms with Crippen molar-refractivity contribution in [2.24, 2.45) is 0 Å². The lowest BCUT2D eigenvalue weighted by Crippen LogP contribution is -2.26. The lowest BCUT2D eigenvalue weighted by Gasteiger charge is -2.18. The Morgan fingerprint density at radius 1 is 1.41 bits per heavy atom. The quantitative estimate of drug-likeness (QED) is 0.818. The molecule has 0 aliphatic heterocycles. The fraction of sp³-hybridized carbons (Fsp3) is 0.583. The molecule has 1 aromatic heterocycles. The first-order chi connectivity index (χ1) is 8.08. The molecule has 0 bridgehead atoms. The third-order valence-corrected chi connectivity index (χ3v) is 2.84. The first kappa shape index (κ1) is 13.4. The van der Waals surface area contributed by atoms with Crippen LogP contribution < -0.4 is 4.90 Å². The van der Waals surface area contributed by atoms with Gasteiger partial charge < -0.3 is 10.0 Å². The molecule has 0 unspecified atom stereocenters. The Morgan fingerprint density at radius 3 is 2.59 bits per heavy atom. The van der Waals surface area contributed by atoms with Crippen molar-refractivity contribution in [2.45, 2.75) is 32.6 Å². The Labute approximate surface area is 102 Å². The third-order valence-electron chi connectivity index (χ3n) is 2.84. The summed E-state index contributed by atoms with van der Waals surface area (Å²) in [5.41, 5.74) is 0.984. The van der Waals surface area contributed by atoms with Crippen molar-refractivity contribution < 1.29 is 9.90 Å². The van der Waals surface area contributed by atoms with Crippen LogP contribution >= 0.6 is 0 Å². The second-order valence-corrected chi connectivity index (χ2v) is 4.06. The number of carboxylic acids is 1. The van der Waals surface area contributed by atoms with E-state index in [-0.39, 0.29) is 6.54 Å². The maximum atomic E-state index is 10.6. The third kappa shape index (κ3) is 3.69. The highest BCUT2D eigenvalue weighted by molar-refractivity contribution is 5.72. The summed E-state index contributed by atoms with van der Waals surface area (Å²) >= 11 is 0. The van der Waals surface area contributed by atoms with Gasteiger partial charge in [-0.1, -0.05) is 13.8 Å². The predicted molar refractivity (Wildman–Crippen MR) is 66.3 cm³/mol. The van der Waals surface area contributed by atoms with Crippen LogP contribution in [-0.4, -0.2) is 34.6 Å². The summed E-state index contributed by atoms with van der Waals surface area (Å²) in [5, 5.41) is 8.73. The number of anilines is 1. The average Bonchev–Trinajstić information content (AvgIpc) is 2.30. The predicted octanol–water partition coefficient (Wildman–Crippen LogP) is 1.90. The number of carbonyl (C=O) groups is 1. The van der Waals surface area contributed by atoms with Crippen LogP contribution in [-0.2, 0) is 4.79 Å². The molecule has 0 aromatic carbocycles. The highest BCUT2D eigenvalue weighted by atomic mass is 16.4. The summed E-state index contributed by atoms with van der Waals surface area (Å²) < 4.78 is 0. The smallest absolute Gasteiger partial charge is 0.323 e. The van der Waals surface area contributed by atoms with Gasteiger partial charge in [-0.2, -0.15) is 0 Å². The number of nitrogens with zero attached hydrogens (tertiary/aromatic N) is 3. The van der Waals surface area contributed by atoms with Crippen molar-refractivity contribution in [1.82, 2.24) is 9.97 Å². The Balaban J connectivity index is 2.88. The number of likely N-dealkylation sites (N-methyl/N-ethyl adjacent to an activating group) is 1. The molecular formula is C12H19N3O2. The second kappa shape index (κ2) is 6.18. The van der Waals surface area contributed by atoms with Crippen LogP contribution in [0.3, 0.4) is 0 Å². The molecule has 17 heavy (non-hydrogen) atoms. The summed E-state index contributed by atoms with van der Waals surface area (Å²) in [4.78, 5) is 20.6. The lowest BCUT2D eigenvalue weighted by atomic mass is 9.99. The largest absolute Gasteiger partial charge is 0.480 e. The Hall–Kier alpha value is -1.65. The summed E-state index contributed by atoms with van der Waals surface area (Å²) in [7, 11) is 1.72. The summed E-state index contributed by atoms with van der Waals surface area (Å²) in [6.07, 6.45) is 3.55. The molecule has 0 saturated carbocycles. The Bertz CT molecular complexity index is 378. The van der Waals surface area contributed by atoms with Gasteiger partial charge in [0.2, 0.25) is 0 Å². The van der Waals surface area contributed by atoms with Gasteiger partial charge in [0.15, 0.2) is 0 Å². The Kier molecular flexibility index (Phi) is 4.87. The molecule has 1 rings (SSSR count). The maximum absolute atomic E-state index is 10.6. The van der Waals surface area contributed by atoms with E-state index >= 15 is 0 Å². The van der Waals surface area contributed by atoms with Crippen LogP contribution in [0.5, 0.6) is 0 Å². The summed E-state index contributed by atoms with van der Waals surface area (Å²) in [6, 6.07) is 1.88. The molecule has 0 fully saturated rings. The first-order valence-corrected chi connectivity index (χ1v) is 5.83. The van der Waals surface area contributed by atoms with E-state index in [9.17, 15) is 4.79 Å². The van der Waals surface area contributed by atoms with Crippen molar-refractivity contribution in [3.05, 3.63) is 18.1 Å². The van der Waals surface area contributed by atoms with Crippen LogP contribution in [0.4, 0.5) is 5.82 Å². The molecule has 0 saturated heterocycles. The topological polar surface area (TPSA) is 66.3 Å². The van der Waals surface area contributed by atoms with E-state index in [0.29, 0.717) is 11.7 Å². The van der Waals surface area contributed by atoms with Crippen molar-refractivity contribution >= 4 is 11.8 Å². The van der Waals surface area contributed by atoms with Crippen molar-refractivity contribution in [2.75, 3.05) is 18.5 Å². The normalized spacial score (nSPS) is 10.6. The fourth-order valence-electron chi connectivity index (χ4n) is 1.78. The zero-order valence-electron chi connectivity index (χ0n) is 10.6. The number of carboxylic acid groups (broad SMARTS) is 1. The number of rotatable bonds is 6. The highest BCUT2D eigenvalue weighted by Gasteiger charge is 2.12. The van der Waals surface area contributed by atoms with Gasteiger partial charge in [0.1, 0.15) is 18.7 Å². The minimum Gasteiger partial charge on any atom is -0.480 e. The van der Waals surface area contributed by atoms with Gasteiger partial charge in [0.25, 0.3) is 0 Å². The molecule has 1 aromatic rings. The van der Waals surface area contributed by atoms with Crippen molar-refractivity contribution in [1.29, 1.82) is 0 Å². The molecule has 0 aliphatic carbocycles. The zero-order chi connectivity index (χ0) is 12.8. The van der Waals surface area contributed by atoms with E-state index in [4.69, 9.17) is 5.11 Å². The number of aliphatic carboxylic acids is 1. The van der Waals surface area contributed by atoms with Crippen molar-refractivity contribution in [3.63, 3.8) is 0 Å². The fourth-order valence-corrected chi connectivity index (χ4v) is 1.78. The molecule has 94 valence electrons. The molecule has 0 aliphatic rings. The van der Waals surface area contributed by atoms with Crippen LogP contribution in [0.25, 0.3) is 0 Å². The van der Waals surface area contributed by atoms with Crippen LogP contribution in [0.15, 0.2) is 12.4 Å². The minimum absolute atomic E-state index is 0.0562. The maximum Gasteiger partial charge on any atom is 0.323 e. The van der Waals surface area contributed by atoms with Crippen LogP contribution in [0, 0.1) is 0 Å². The minimum atomic E-state index is -0.866. The van der Waals surface area contributed by atoms with E-state index in [2.05, 4.69) is 23.8 Å². The molecule has 0 spiro atoms. The average molecular weight is 237 g/mol. The zero-order valence-corrected chi connectivity index (χ0v) is 10.6. The SMILES string of the molecule is CCC(CC)c1cc(N(C)CC(=O)O)ncn1. The molecule has 0 atom stereocenters. The van der Waals surface area contributed by atoms with Gasteiger partial charge in [0.05, 0.1) is 0 Å². The molecule has 1 heterocycles. The standard InChI is InChI=1S/C12H19N3O2/c1-4-9(5-2)10-6-11(14-8-13-10)15(3)7-12(16)17/h6,8-9H,4-5,7H2,1-3H3,(H,16,17). The van der Waals surface area contributed by atoms with E-state index in [0.717, 1.165) is 18.5 Å². The first-order valence-electron chi connectivity index (χ1n) is 5.83. The summed E-state index contributed by atoms with van der Waals surface area (Å²) in [6.45, 7) is 4.19. The van der Waals surface area contributed by atoms with E-state index in [1.54, 1.807) is 11.9 Å². The molecule has 1 N–H and O–H groups in total. The van der Waals surface area contributed by atoms with Gasteiger partial charge >= 0.3 is 5.97 Å². The molecule has 0 radical (unpaired) electrons. The number of hydrogen-bond donors (Lipinski definition) is 1. The van der Waals surface area contributed by atoms with Gasteiger partial charge in [-0.3, -0.25) is 4.79 Å². The van der Waals surface area contributed by atoms with E-state index in [1.807, 2.05) is 6.07 Å². The Morgan fingerprint density at radius 2 is 2.06 bits per heavy atom.